The van der Waals surface area contributed by atoms with Crippen LogP contribution in [0.3, 0.4) is 0 Å². The van der Waals surface area contributed by atoms with Crippen LogP contribution in [0.15, 0.2) is 91.0 Å². The Morgan fingerprint density at radius 2 is 1.44 bits per heavy atom. The minimum Gasteiger partial charge on any atom is -0.508 e. The van der Waals surface area contributed by atoms with Crippen LogP contribution in [0.25, 0.3) is 10.8 Å². The first-order valence-corrected chi connectivity index (χ1v) is 9.13. The number of benzene rings is 4. The molecule has 4 aromatic rings. The summed E-state index contributed by atoms with van der Waals surface area (Å²) in [5.74, 6) is 6.47. The van der Waals surface area contributed by atoms with E-state index < -0.39 is 0 Å². The maximum atomic E-state index is 10.7. The lowest BCUT2D eigenvalue weighted by Gasteiger charge is -2.17. The molecule has 0 spiro atoms. The van der Waals surface area contributed by atoms with E-state index in [4.69, 9.17) is 11.6 Å². The summed E-state index contributed by atoms with van der Waals surface area (Å²) in [5.41, 5.74) is 2.59. The predicted molar refractivity (Wildman–Crippen MR) is 112 cm³/mol. The quantitative estimate of drug-likeness (QED) is 0.407. The van der Waals surface area contributed by atoms with Crippen molar-refractivity contribution in [3.05, 3.63) is 113 Å². The van der Waals surface area contributed by atoms with E-state index in [0.717, 1.165) is 27.5 Å². The smallest absolute Gasteiger partial charge is 0.121 e. The van der Waals surface area contributed by atoms with Crippen LogP contribution in [0.1, 0.15) is 22.6 Å². The molecule has 4 aromatic carbocycles. The Morgan fingerprint density at radius 3 is 2.26 bits per heavy atom. The fraction of sp³-hybridized carbons (Fsp3) is 0.0400. The third kappa shape index (κ3) is 3.53. The standard InChI is InChI=1S/C25H17ClO/c26-23-13-7-6-12-21(23)22(16-14-18-8-2-1-3-9-18)25-20-11-5-4-10-19(20)15-17-24(25)27/h1-13,15,17,22,27H. The Hall–Kier alpha value is -3.21. The summed E-state index contributed by atoms with van der Waals surface area (Å²) in [6.45, 7) is 0. The Kier molecular flexibility index (Phi) is 4.83. The Balaban J connectivity index is 1.96. The third-order valence-electron chi connectivity index (χ3n) is 4.59. The van der Waals surface area contributed by atoms with Gasteiger partial charge in [0.1, 0.15) is 5.75 Å². The lowest BCUT2D eigenvalue weighted by Crippen LogP contribution is -2.01. The van der Waals surface area contributed by atoms with E-state index in [1.807, 2.05) is 84.9 Å². The van der Waals surface area contributed by atoms with Gasteiger partial charge in [-0.3, -0.25) is 0 Å². The largest absolute Gasteiger partial charge is 0.508 e. The molecule has 0 heterocycles. The van der Waals surface area contributed by atoms with Crippen molar-refractivity contribution >= 4 is 22.4 Å². The predicted octanol–water partition coefficient (Wildman–Crippen LogP) is 6.38. The number of phenols is 1. The Morgan fingerprint density at radius 1 is 0.741 bits per heavy atom. The van der Waals surface area contributed by atoms with Crippen LogP contribution < -0.4 is 0 Å². The lowest BCUT2D eigenvalue weighted by molar-refractivity contribution is 0.469. The first-order valence-electron chi connectivity index (χ1n) is 8.75. The van der Waals surface area contributed by atoms with E-state index in [1.54, 1.807) is 6.07 Å². The van der Waals surface area contributed by atoms with Crippen molar-refractivity contribution in [3.8, 4) is 17.6 Å². The zero-order valence-corrected chi connectivity index (χ0v) is 15.3. The fourth-order valence-electron chi connectivity index (χ4n) is 3.28. The molecular formula is C25H17ClO. The number of fused-ring (bicyclic) bond motifs is 1. The molecule has 0 bridgehead atoms. The van der Waals surface area contributed by atoms with Crippen molar-refractivity contribution in [2.45, 2.75) is 5.92 Å². The van der Waals surface area contributed by atoms with Gasteiger partial charge in [-0.05, 0) is 40.6 Å². The summed E-state index contributed by atoms with van der Waals surface area (Å²) in [6.07, 6.45) is 0. The monoisotopic (exact) mass is 368 g/mol. The highest BCUT2D eigenvalue weighted by atomic mass is 35.5. The molecule has 1 unspecified atom stereocenters. The van der Waals surface area contributed by atoms with Gasteiger partial charge in [0.25, 0.3) is 0 Å². The molecule has 0 fully saturated rings. The first-order chi connectivity index (χ1) is 13.2. The molecule has 1 nitrogen and oxygen atoms in total. The second-order valence-electron chi connectivity index (χ2n) is 6.31. The molecule has 0 saturated heterocycles. The number of hydrogen-bond donors (Lipinski definition) is 1. The van der Waals surface area contributed by atoms with Gasteiger partial charge in [0.05, 0.1) is 5.92 Å². The van der Waals surface area contributed by atoms with Gasteiger partial charge >= 0.3 is 0 Å². The molecule has 0 aromatic heterocycles. The molecule has 0 aliphatic rings. The van der Waals surface area contributed by atoms with Gasteiger partial charge in [-0.25, -0.2) is 0 Å². The molecule has 0 radical (unpaired) electrons. The minimum atomic E-state index is -0.343. The van der Waals surface area contributed by atoms with Crippen LogP contribution >= 0.6 is 11.6 Å². The normalized spacial score (nSPS) is 11.6. The molecule has 1 N–H and O–H groups in total. The van der Waals surface area contributed by atoms with E-state index in [9.17, 15) is 5.11 Å². The van der Waals surface area contributed by atoms with Crippen molar-refractivity contribution in [1.82, 2.24) is 0 Å². The van der Waals surface area contributed by atoms with Crippen molar-refractivity contribution in [2.24, 2.45) is 0 Å². The molecule has 2 heteroatoms. The highest BCUT2D eigenvalue weighted by Crippen LogP contribution is 2.39. The van der Waals surface area contributed by atoms with Crippen molar-refractivity contribution in [2.75, 3.05) is 0 Å². The maximum absolute atomic E-state index is 10.7. The summed E-state index contributed by atoms with van der Waals surface area (Å²) >= 11 is 6.50. The molecule has 0 aliphatic carbocycles. The second kappa shape index (κ2) is 7.58. The van der Waals surface area contributed by atoms with Crippen LogP contribution in [0.5, 0.6) is 5.75 Å². The van der Waals surface area contributed by atoms with Crippen LogP contribution in [0.4, 0.5) is 0 Å². The summed E-state index contributed by atoms with van der Waals surface area (Å²) in [4.78, 5) is 0. The van der Waals surface area contributed by atoms with Gasteiger partial charge in [0, 0.05) is 16.1 Å². The van der Waals surface area contributed by atoms with Gasteiger partial charge in [-0.15, -0.1) is 0 Å². The lowest BCUT2D eigenvalue weighted by atomic mass is 9.87. The Bertz CT molecular complexity index is 1150. The van der Waals surface area contributed by atoms with Crippen LogP contribution in [0.2, 0.25) is 5.02 Å². The fourth-order valence-corrected chi connectivity index (χ4v) is 3.52. The third-order valence-corrected chi connectivity index (χ3v) is 4.93. The summed E-state index contributed by atoms with van der Waals surface area (Å²) in [6, 6.07) is 29.2. The van der Waals surface area contributed by atoms with Gasteiger partial charge in [-0.2, -0.15) is 0 Å². The molecule has 4 rings (SSSR count). The van der Waals surface area contributed by atoms with Crippen LogP contribution in [-0.4, -0.2) is 5.11 Å². The molecule has 1 atom stereocenters. The van der Waals surface area contributed by atoms with Crippen LogP contribution in [-0.2, 0) is 0 Å². The van der Waals surface area contributed by atoms with E-state index in [1.165, 1.54) is 0 Å². The van der Waals surface area contributed by atoms with Crippen molar-refractivity contribution < 1.29 is 5.11 Å². The second-order valence-corrected chi connectivity index (χ2v) is 6.72. The first kappa shape index (κ1) is 17.2. The van der Waals surface area contributed by atoms with E-state index in [-0.39, 0.29) is 11.7 Å². The number of aromatic hydroxyl groups is 1. The highest BCUT2D eigenvalue weighted by molar-refractivity contribution is 6.31. The zero-order chi connectivity index (χ0) is 18.6. The van der Waals surface area contributed by atoms with E-state index in [0.29, 0.717) is 5.02 Å². The summed E-state index contributed by atoms with van der Waals surface area (Å²) < 4.78 is 0. The van der Waals surface area contributed by atoms with Gasteiger partial charge in [-0.1, -0.05) is 90.2 Å². The van der Waals surface area contributed by atoms with Gasteiger partial charge in [0.2, 0.25) is 0 Å². The number of hydrogen-bond acceptors (Lipinski definition) is 1. The van der Waals surface area contributed by atoms with Crippen LogP contribution in [0, 0.1) is 11.8 Å². The average Bonchev–Trinajstić information content (AvgIpc) is 2.71. The molecular weight excluding hydrogens is 352 g/mol. The number of rotatable bonds is 2. The Labute approximate surface area is 163 Å². The van der Waals surface area contributed by atoms with E-state index in [2.05, 4.69) is 11.8 Å². The number of halogens is 1. The molecule has 130 valence electrons. The van der Waals surface area contributed by atoms with E-state index >= 15 is 0 Å². The summed E-state index contributed by atoms with van der Waals surface area (Å²) in [7, 11) is 0. The van der Waals surface area contributed by atoms with Crippen molar-refractivity contribution in [1.29, 1.82) is 0 Å². The average molecular weight is 369 g/mol. The summed E-state index contributed by atoms with van der Waals surface area (Å²) in [5, 5.41) is 13.4. The minimum absolute atomic E-state index is 0.223. The van der Waals surface area contributed by atoms with Gasteiger partial charge in [0.15, 0.2) is 0 Å². The SMILES string of the molecule is Oc1ccc2ccccc2c1C(C#Cc1ccccc1)c1ccccc1Cl. The maximum Gasteiger partial charge on any atom is 0.121 e. The molecule has 0 amide bonds. The molecule has 27 heavy (non-hydrogen) atoms. The van der Waals surface area contributed by atoms with Gasteiger partial charge < -0.3 is 5.11 Å². The molecule has 0 aliphatic heterocycles. The highest BCUT2D eigenvalue weighted by Gasteiger charge is 2.20. The number of phenolic OH excluding ortho intramolecular Hbond substituents is 1. The van der Waals surface area contributed by atoms with Crippen molar-refractivity contribution in [3.63, 3.8) is 0 Å². The zero-order valence-electron chi connectivity index (χ0n) is 14.6. The topological polar surface area (TPSA) is 20.2 Å². The molecule has 0 saturated carbocycles.